The summed E-state index contributed by atoms with van der Waals surface area (Å²) in [5.41, 5.74) is 7.51. The Labute approximate surface area is 92.8 Å². The molecule has 0 saturated carbocycles. The molecule has 0 aliphatic heterocycles. The van der Waals surface area contributed by atoms with E-state index >= 15 is 0 Å². The highest BCUT2D eigenvalue weighted by atomic mass is 79.9. The molecule has 0 bridgehead atoms. The molecule has 14 heavy (non-hydrogen) atoms. The van der Waals surface area contributed by atoms with Gasteiger partial charge in [0.15, 0.2) is 0 Å². The van der Waals surface area contributed by atoms with Crippen LogP contribution in [-0.4, -0.2) is 19.8 Å². The van der Waals surface area contributed by atoms with Gasteiger partial charge in [0.1, 0.15) is 0 Å². The van der Waals surface area contributed by atoms with Gasteiger partial charge in [-0.15, -0.1) is 0 Å². The predicted molar refractivity (Wildman–Crippen MR) is 63.5 cm³/mol. The maximum Gasteiger partial charge on any atom is 0.0661 e. The van der Waals surface area contributed by atoms with E-state index in [2.05, 4.69) is 21.2 Å². The van der Waals surface area contributed by atoms with Gasteiger partial charge in [-0.25, -0.2) is 0 Å². The molecule has 1 unspecified atom stereocenters. The summed E-state index contributed by atoms with van der Waals surface area (Å²) in [5.74, 6) is 0. The molecule has 1 atom stereocenters. The molecule has 1 aromatic rings. The van der Waals surface area contributed by atoms with E-state index in [1.165, 1.54) is 0 Å². The Morgan fingerprint density at radius 1 is 1.57 bits per heavy atom. The lowest BCUT2D eigenvalue weighted by Gasteiger charge is -2.15. The largest absolute Gasteiger partial charge is 0.397 e. The third-order valence-electron chi connectivity index (χ3n) is 1.83. The highest BCUT2D eigenvalue weighted by Crippen LogP contribution is 2.23. The summed E-state index contributed by atoms with van der Waals surface area (Å²) in [4.78, 5) is 0. The molecule has 0 radical (unpaired) electrons. The van der Waals surface area contributed by atoms with E-state index < -0.39 is 0 Å². The molecular weight excluding hydrogens is 244 g/mol. The molecule has 3 N–H and O–H groups in total. The number of ether oxygens (including phenoxy) is 1. The lowest BCUT2D eigenvalue weighted by atomic mass is 10.2. The van der Waals surface area contributed by atoms with Gasteiger partial charge in [0.05, 0.1) is 18.0 Å². The molecule has 0 spiro atoms. The first-order valence-corrected chi connectivity index (χ1v) is 5.23. The van der Waals surface area contributed by atoms with Gasteiger partial charge in [0.25, 0.3) is 0 Å². The molecule has 0 fully saturated rings. The van der Waals surface area contributed by atoms with Crippen molar-refractivity contribution < 1.29 is 4.74 Å². The second-order valence-corrected chi connectivity index (χ2v) is 4.15. The van der Waals surface area contributed by atoms with Crippen molar-refractivity contribution in [2.45, 2.75) is 13.0 Å². The van der Waals surface area contributed by atoms with Crippen molar-refractivity contribution in [3.63, 3.8) is 0 Å². The molecule has 1 aromatic carbocycles. The standard InChI is InChI=1S/C10H15BrN2O/c1-7(6-14-2)13-10-4-3-8(11)5-9(10)12/h3-5,7,13H,6,12H2,1-2H3. The number of anilines is 2. The molecule has 3 nitrogen and oxygen atoms in total. The van der Waals surface area contributed by atoms with Crippen LogP contribution in [0.3, 0.4) is 0 Å². The Balaban J connectivity index is 2.67. The number of nitrogen functional groups attached to an aromatic ring is 1. The smallest absolute Gasteiger partial charge is 0.0661 e. The van der Waals surface area contributed by atoms with Gasteiger partial charge < -0.3 is 15.8 Å². The Kier molecular flexibility index (Phi) is 4.22. The average molecular weight is 259 g/mol. The van der Waals surface area contributed by atoms with Crippen LogP contribution in [0, 0.1) is 0 Å². The zero-order chi connectivity index (χ0) is 10.6. The maximum absolute atomic E-state index is 5.83. The van der Waals surface area contributed by atoms with Crippen molar-refractivity contribution in [2.24, 2.45) is 0 Å². The topological polar surface area (TPSA) is 47.3 Å². The van der Waals surface area contributed by atoms with Gasteiger partial charge in [0, 0.05) is 17.6 Å². The molecule has 0 heterocycles. The van der Waals surface area contributed by atoms with Crippen molar-refractivity contribution in [1.82, 2.24) is 0 Å². The second kappa shape index (κ2) is 5.22. The number of nitrogens with two attached hydrogens (primary N) is 1. The van der Waals surface area contributed by atoms with Crippen LogP contribution in [-0.2, 0) is 4.74 Å². The Morgan fingerprint density at radius 2 is 2.29 bits per heavy atom. The van der Waals surface area contributed by atoms with Gasteiger partial charge in [-0.1, -0.05) is 15.9 Å². The predicted octanol–water partition coefficient (Wildman–Crippen LogP) is 2.48. The van der Waals surface area contributed by atoms with E-state index in [0.29, 0.717) is 6.61 Å². The minimum absolute atomic E-state index is 0.253. The van der Waals surface area contributed by atoms with Crippen molar-refractivity contribution in [3.05, 3.63) is 22.7 Å². The summed E-state index contributed by atoms with van der Waals surface area (Å²) in [6, 6.07) is 6.04. The fraction of sp³-hybridized carbons (Fsp3) is 0.400. The van der Waals surface area contributed by atoms with Crippen molar-refractivity contribution >= 4 is 27.3 Å². The number of hydrogen-bond donors (Lipinski definition) is 2. The monoisotopic (exact) mass is 258 g/mol. The quantitative estimate of drug-likeness (QED) is 0.816. The van der Waals surface area contributed by atoms with E-state index in [0.717, 1.165) is 15.8 Å². The molecule has 1 rings (SSSR count). The SMILES string of the molecule is COCC(C)Nc1ccc(Br)cc1N. The molecular formula is C10H15BrN2O. The van der Waals surface area contributed by atoms with Crippen LogP contribution in [0.4, 0.5) is 11.4 Å². The van der Waals surface area contributed by atoms with Crippen molar-refractivity contribution in [1.29, 1.82) is 0 Å². The highest BCUT2D eigenvalue weighted by Gasteiger charge is 2.04. The van der Waals surface area contributed by atoms with Crippen molar-refractivity contribution in [2.75, 3.05) is 24.8 Å². The lowest BCUT2D eigenvalue weighted by molar-refractivity contribution is 0.190. The van der Waals surface area contributed by atoms with E-state index in [1.54, 1.807) is 7.11 Å². The Hall–Kier alpha value is -0.740. The molecule has 0 aromatic heterocycles. The van der Waals surface area contributed by atoms with Gasteiger partial charge in [0.2, 0.25) is 0 Å². The van der Waals surface area contributed by atoms with Gasteiger partial charge >= 0.3 is 0 Å². The zero-order valence-corrected chi connectivity index (χ0v) is 9.97. The molecule has 0 aliphatic carbocycles. The maximum atomic E-state index is 5.83. The first-order chi connectivity index (χ1) is 6.63. The molecule has 0 amide bonds. The first kappa shape index (κ1) is 11.3. The average Bonchev–Trinajstić information content (AvgIpc) is 2.10. The van der Waals surface area contributed by atoms with Gasteiger partial charge in [-0.3, -0.25) is 0 Å². The van der Waals surface area contributed by atoms with Crippen LogP contribution in [0.1, 0.15) is 6.92 Å². The number of nitrogens with one attached hydrogen (secondary N) is 1. The summed E-state index contributed by atoms with van der Waals surface area (Å²) in [6.45, 7) is 2.71. The summed E-state index contributed by atoms with van der Waals surface area (Å²) in [5, 5.41) is 3.27. The highest BCUT2D eigenvalue weighted by molar-refractivity contribution is 9.10. The minimum Gasteiger partial charge on any atom is -0.397 e. The van der Waals surface area contributed by atoms with Crippen LogP contribution >= 0.6 is 15.9 Å². The third-order valence-corrected chi connectivity index (χ3v) is 2.33. The van der Waals surface area contributed by atoms with E-state index in [1.807, 2.05) is 25.1 Å². The summed E-state index contributed by atoms with van der Waals surface area (Å²) in [7, 11) is 1.68. The van der Waals surface area contributed by atoms with E-state index in [-0.39, 0.29) is 6.04 Å². The Morgan fingerprint density at radius 3 is 2.86 bits per heavy atom. The zero-order valence-electron chi connectivity index (χ0n) is 8.38. The van der Waals surface area contributed by atoms with Crippen LogP contribution in [0.15, 0.2) is 22.7 Å². The fourth-order valence-electron chi connectivity index (χ4n) is 1.22. The number of halogens is 1. The van der Waals surface area contributed by atoms with Crippen LogP contribution in [0.2, 0.25) is 0 Å². The van der Waals surface area contributed by atoms with Gasteiger partial charge in [-0.05, 0) is 25.1 Å². The van der Waals surface area contributed by atoms with Crippen LogP contribution in [0.25, 0.3) is 0 Å². The van der Waals surface area contributed by atoms with Crippen molar-refractivity contribution in [3.8, 4) is 0 Å². The van der Waals surface area contributed by atoms with Crippen LogP contribution < -0.4 is 11.1 Å². The minimum atomic E-state index is 0.253. The van der Waals surface area contributed by atoms with E-state index in [4.69, 9.17) is 10.5 Å². The number of methoxy groups -OCH3 is 1. The summed E-state index contributed by atoms with van der Waals surface area (Å²) in [6.07, 6.45) is 0. The first-order valence-electron chi connectivity index (χ1n) is 4.44. The third kappa shape index (κ3) is 3.20. The van der Waals surface area contributed by atoms with E-state index in [9.17, 15) is 0 Å². The molecule has 78 valence electrons. The summed E-state index contributed by atoms with van der Waals surface area (Å²) >= 11 is 3.36. The second-order valence-electron chi connectivity index (χ2n) is 3.23. The Bertz CT molecular complexity index is 304. The fourth-order valence-corrected chi connectivity index (χ4v) is 1.60. The normalized spacial score (nSPS) is 12.5. The number of benzene rings is 1. The van der Waals surface area contributed by atoms with Gasteiger partial charge in [-0.2, -0.15) is 0 Å². The molecule has 0 aliphatic rings. The van der Waals surface area contributed by atoms with Crippen LogP contribution in [0.5, 0.6) is 0 Å². The molecule has 0 saturated heterocycles. The number of hydrogen-bond acceptors (Lipinski definition) is 3. The molecule has 4 heteroatoms. The number of rotatable bonds is 4. The lowest BCUT2D eigenvalue weighted by Crippen LogP contribution is -2.21. The summed E-state index contributed by atoms with van der Waals surface area (Å²) < 4.78 is 6.01.